The highest BCUT2D eigenvalue weighted by atomic mass is 79.9. The summed E-state index contributed by atoms with van der Waals surface area (Å²) in [5, 5.41) is 15.1. The Balaban J connectivity index is 1.06. The molecule has 2 amide bonds. The number of carbonyl (C=O) groups is 3. The zero-order valence-corrected chi connectivity index (χ0v) is 24.9. The number of anilines is 1. The molecule has 3 N–H and O–H groups in total. The largest absolute Gasteiger partial charge is 0.490 e. The Bertz CT molecular complexity index is 1560. The van der Waals surface area contributed by atoms with E-state index in [1.807, 2.05) is 48.5 Å². The lowest BCUT2D eigenvalue weighted by molar-refractivity contribution is -0.115. The predicted molar refractivity (Wildman–Crippen MR) is 167 cm³/mol. The van der Waals surface area contributed by atoms with Gasteiger partial charge in [0.05, 0.1) is 23.8 Å². The van der Waals surface area contributed by atoms with Gasteiger partial charge in [0.2, 0.25) is 5.91 Å². The number of hydrogen-bond acceptors (Lipinski definition) is 5. The number of amides is 2. The summed E-state index contributed by atoms with van der Waals surface area (Å²) in [6.45, 7) is 0. The maximum atomic E-state index is 12.5. The average molecular weight is 644 g/mol. The van der Waals surface area contributed by atoms with Crippen LogP contribution in [0.4, 0.5) is 5.69 Å². The minimum Gasteiger partial charge on any atom is -0.490 e. The highest BCUT2D eigenvalue weighted by molar-refractivity contribution is 9.10. The van der Waals surface area contributed by atoms with Crippen molar-refractivity contribution in [2.75, 3.05) is 5.32 Å². The van der Waals surface area contributed by atoms with Gasteiger partial charge in [0.1, 0.15) is 17.2 Å². The molecule has 0 heterocycles. The second kappa shape index (κ2) is 14.0. The van der Waals surface area contributed by atoms with Crippen molar-refractivity contribution < 1.29 is 29.0 Å². The molecule has 4 aromatic carbocycles. The highest BCUT2D eigenvalue weighted by Crippen LogP contribution is 2.28. The van der Waals surface area contributed by atoms with E-state index in [1.54, 1.807) is 42.5 Å². The Hall–Kier alpha value is -4.63. The van der Waals surface area contributed by atoms with Gasteiger partial charge in [-0.1, -0.05) is 40.2 Å². The summed E-state index contributed by atoms with van der Waals surface area (Å²) in [5.41, 5.74) is 1.73. The molecule has 0 aromatic heterocycles. The Kier molecular flexibility index (Phi) is 9.73. The van der Waals surface area contributed by atoms with Crippen molar-refractivity contribution in [3.8, 4) is 17.2 Å². The molecule has 1 fully saturated rings. The molecule has 9 heteroatoms. The summed E-state index contributed by atoms with van der Waals surface area (Å²) in [7, 11) is 0. The summed E-state index contributed by atoms with van der Waals surface area (Å²) >= 11 is 3.39. The number of carboxylic acids is 1. The van der Waals surface area contributed by atoms with E-state index in [0.717, 1.165) is 41.5 Å². The molecule has 1 aliphatic carbocycles. The zero-order chi connectivity index (χ0) is 30.2. The number of halogens is 1. The molecule has 1 aliphatic rings. The second-order valence-electron chi connectivity index (χ2n) is 10.4. The predicted octanol–water partition coefficient (Wildman–Crippen LogP) is 7.24. The van der Waals surface area contributed by atoms with Crippen molar-refractivity contribution in [2.45, 2.75) is 44.2 Å². The van der Waals surface area contributed by atoms with E-state index in [4.69, 9.17) is 9.47 Å². The van der Waals surface area contributed by atoms with Crippen molar-refractivity contribution in [2.24, 2.45) is 0 Å². The Labute approximate surface area is 258 Å². The van der Waals surface area contributed by atoms with Gasteiger partial charge in [-0.15, -0.1) is 0 Å². The van der Waals surface area contributed by atoms with Crippen LogP contribution in [-0.2, 0) is 11.2 Å². The monoisotopic (exact) mass is 642 g/mol. The standard InChI is InChI=1S/C34H31BrN2O6/c35-24-9-7-23(8-10-24)33(39)36-25-11-15-27(16-12-25)43-29-19-17-28(18-20-29)42-26-13-5-22(6-14-26)21-32(38)37-31-4-2-1-3-30(31)34(40)41/h1-10,13-14,17-20,25,27H,11-12,15-16,21H2,(H,36,39)(H,37,38)(H,40,41). The molecular formula is C34H31BrN2O6. The molecule has 4 aromatic rings. The van der Waals surface area contributed by atoms with E-state index in [9.17, 15) is 19.5 Å². The number of rotatable bonds is 10. The van der Waals surface area contributed by atoms with Gasteiger partial charge in [-0.2, -0.15) is 0 Å². The number of hydrogen-bond donors (Lipinski definition) is 3. The third kappa shape index (κ3) is 8.45. The third-order valence-corrected chi connectivity index (χ3v) is 7.73. The third-order valence-electron chi connectivity index (χ3n) is 7.20. The molecule has 0 saturated heterocycles. The first-order valence-corrected chi connectivity index (χ1v) is 14.8. The van der Waals surface area contributed by atoms with Crippen LogP contribution >= 0.6 is 15.9 Å². The van der Waals surface area contributed by atoms with Gasteiger partial charge in [0.25, 0.3) is 5.91 Å². The van der Waals surface area contributed by atoms with Crippen LogP contribution in [0.25, 0.3) is 0 Å². The number of nitrogens with one attached hydrogen (secondary N) is 2. The lowest BCUT2D eigenvalue weighted by atomic mass is 9.92. The Morgan fingerprint density at radius 2 is 1.37 bits per heavy atom. The summed E-state index contributed by atoms with van der Waals surface area (Å²) in [6.07, 6.45) is 3.64. The van der Waals surface area contributed by atoms with Gasteiger partial charge >= 0.3 is 5.97 Å². The number of carbonyl (C=O) groups excluding carboxylic acids is 2. The lowest BCUT2D eigenvalue weighted by Gasteiger charge is -2.29. The van der Waals surface area contributed by atoms with Gasteiger partial charge in [0.15, 0.2) is 0 Å². The van der Waals surface area contributed by atoms with Crippen LogP contribution in [0.15, 0.2) is 102 Å². The van der Waals surface area contributed by atoms with Crippen LogP contribution in [-0.4, -0.2) is 35.0 Å². The van der Waals surface area contributed by atoms with E-state index in [-0.39, 0.29) is 41.6 Å². The molecule has 1 saturated carbocycles. The van der Waals surface area contributed by atoms with Gasteiger partial charge in [-0.25, -0.2) is 4.79 Å². The fourth-order valence-electron chi connectivity index (χ4n) is 4.94. The fraction of sp³-hybridized carbons (Fsp3) is 0.206. The first-order chi connectivity index (χ1) is 20.8. The molecule has 0 spiro atoms. The first kappa shape index (κ1) is 29.8. The van der Waals surface area contributed by atoms with Gasteiger partial charge in [-0.05, 0) is 104 Å². The maximum absolute atomic E-state index is 12.5. The van der Waals surface area contributed by atoms with Crippen molar-refractivity contribution in [1.29, 1.82) is 0 Å². The van der Waals surface area contributed by atoms with Gasteiger partial charge in [-0.3, -0.25) is 9.59 Å². The van der Waals surface area contributed by atoms with Crippen LogP contribution in [0, 0.1) is 0 Å². The SMILES string of the molecule is O=C(Cc1ccc(Oc2ccc(OC3CCC(NC(=O)c4ccc(Br)cc4)CC3)cc2)cc1)Nc1ccccc1C(=O)O. The molecule has 0 aliphatic heterocycles. The van der Waals surface area contributed by atoms with Crippen molar-refractivity contribution in [3.05, 3.63) is 118 Å². The molecule has 0 atom stereocenters. The number of ether oxygens (including phenoxy) is 2. The lowest BCUT2D eigenvalue weighted by Crippen LogP contribution is -2.39. The van der Waals surface area contributed by atoms with Gasteiger partial charge in [0, 0.05) is 16.1 Å². The summed E-state index contributed by atoms with van der Waals surface area (Å²) < 4.78 is 13.1. The van der Waals surface area contributed by atoms with Crippen LogP contribution in [0.5, 0.6) is 17.2 Å². The molecule has 0 unspecified atom stereocenters. The molecular weight excluding hydrogens is 612 g/mol. The van der Waals surface area contributed by atoms with Crippen molar-refractivity contribution >= 4 is 39.4 Å². The molecule has 0 radical (unpaired) electrons. The number of aromatic carboxylic acids is 1. The maximum Gasteiger partial charge on any atom is 0.337 e. The number of para-hydroxylation sites is 1. The molecule has 220 valence electrons. The number of benzene rings is 4. The molecule has 0 bridgehead atoms. The van der Waals surface area contributed by atoms with E-state index in [1.165, 1.54) is 6.07 Å². The normalized spacial score (nSPS) is 16.1. The van der Waals surface area contributed by atoms with Crippen LogP contribution in [0.2, 0.25) is 0 Å². The average Bonchev–Trinajstić information content (AvgIpc) is 3.00. The van der Waals surface area contributed by atoms with E-state index < -0.39 is 5.97 Å². The Morgan fingerprint density at radius 1 is 0.767 bits per heavy atom. The smallest absolute Gasteiger partial charge is 0.337 e. The van der Waals surface area contributed by atoms with Gasteiger partial charge < -0.3 is 25.2 Å². The summed E-state index contributed by atoms with van der Waals surface area (Å²) in [4.78, 5) is 36.3. The highest BCUT2D eigenvalue weighted by Gasteiger charge is 2.24. The number of carboxylic acid groups (broad SMARTS) is 1. The van der Waals surface area contributed by atoms with E-state index in [0.29, 0.717) is 17.1 Å². The second-order valence-corrected chi connectivity index (χ2v) is 11.3. The van der Waals surface area contributed by atoms with Crippen LogP contribution < -0.4 is 20.1 Å². The van der Waals surface area contributed by atoms with Crippen LogP contribution in [0.3, 0.4) is 0 Å². The Morgan fingerprint density at radius 3 is 2.02 bits per heavy atom. The molecule has 5 rings (SSSR count). The van der Waals surface area contributed by atoms with E-state index in [2.05, 4.69) is 26.6 Å². The summed E-state index contributed by atoms with van der Waals surface area (Å²) in [5.74, 6) is 0.587. The molecule has 8 nitrogen and oxygen atoms in total. The van der Waals surface area contributed by atoms with E-state index >= 15 is 0 Å². The zero-order valence-electron chi connectivity index (χ0n) is 23.3. The fourth-order valence-corrected chi connectivity index (χ4v) is 5.21. The quantitative estimate of drug-likeness (QED) is 0.168. The van der Waals surface area contributed by atoms with Crippen LogP contribution in [0.1, 0.15) is 52.0 Å². The topological polar surface area (TPSA) is 114 Å². The molecule has 43 heavy (non-hydrogen) atoms. The first-order valence-electron chi connectivity index (χ1n) is 14.0. The van der Waals surface area contributed by atoms with Crippen molar-refractivity contribution in [1.82, 2.24) is 5.32 Å². The summed E-state index contributed by atoms with van der Waals surface area (Å²) in [6, 6.07) is 28.4. The minimum absolute atomic E-state index is 0.0433. The minimum atomic E-state index is -1.10. The van der Waals surface area contributed by atoms with Crippen molar-refractivity contribution in [3.63, 3.8) is 0 Å².